The second-order valence-corrected chi connectivity index (χ2v) is 5.67. The normalized spacial score (nSPS) is 20.0. The van der Waals surface area contributed by atoms with Crippen molar-refractivity contribution < 1.29 is 4.74 Å². The summed E-state index contributed by atoms with van der Waals surface area (Å²) in [4.78, 5) is 0. The van der Waals surface area contributed by atoms with Crippen molar-refractivity contribution in [1.29, 1.82) is 0 Å². The Bertz CT molecular complexity index is 416. The first-order valence-electron chi connectivity index (χ1n) is 6.43. The van der Waals surface area contributed by atoms with Gasteiger partial charge in [0.15, 0.2) is 0 Å². The molecule has 2 rings (SSSR count). The predicted octanol–water partition coefficient (Wildman–Crippen LogP) is 4.34. The number of rotatable bonds is 4. The van der Waals surface area contributed by atoms with Gasteiger partial charge in [0.2, 0.25) is 0 Å². The molecule has 1 aliphatic rings. The molecule has 0 aliphatic heterocycles. The van der Waals surface area contributed by atoms with Crippen molar-refractivity contribution in [3.63, 3.8) is 0 Å². The summed E-state index contributed by atoms with van der Waals surface area (Å²) in [6.45, 7) is 2.71. The minimum absolute atomic E-state index is 0.144. The number of ether oxygens (including phenoxy) is 1. The van der Waals surface area contributed by atoms with Gasteiger partial charge in [0.25, 0.3) is 0 Å². The molecule has 0 heterocycles. The van der Waals surface area contributed by atoms with Crippen LogP contribution in [0.2, 0.25) is 10.0 Å². The van der Waals surface area contributed by atoms with Crippen LogP contribution in [-0.2, 0) is 4.74 Å². The molecule has 1 aromatic rings. The van der Waals surface area contributed by atoms with Gasteiger partial charge in [0.1, 0.15) is 0 Å². The Morgan fingerprint density at radius 2 is 1.94 bits per heavy atom. The molecule has 1 atom stereocenters. The molecule has 1 saturated carbocycles. The van der Waals surface area contributed by atoms with Crippen molar-refractivity contribution in [1.82, 2.24) is 0 Å². The Balaban J connectivity index is 2.27. The lowest BCUT2D eigenvalue weighted by molar-refractivity contribution is -0.0536. The summed E-state index contributed by atoms with van der Waals surface area (Å²) in [5, 5.41) is 1.11. The van der Waals surface area contributed by atoms with Crippen molar-refractivity contribution in [3.05, 3.63) is 33.8 Å². The van der Waals surface area contributed by atoms with Gasteiger partial charge in [0, 0.05) is 6.61 Å². The van der Waals surface area contributed by atoms with Gasteiger partial charge in [-0.25, -0.2) is 0 Å². The maximum Gasteiger partial charge on any atom is 0.0874 e. The summed E-state index contributed by atoms with van der Waals surface area (Å²) in [6.07, 6.45) is 4.38. The van der Waals surface area contributed by atoms with E-state index in [1.807, 2.05) is 19.1 Å². The summed E-state index contributed by atoms with van der Waals surface area (Å²) in [6, 6.07) is 5.45. The van der Waals surface area contributed by atoms with Crippen molar-refractivity contribution in [2.24, 2.45) is 5.73 Å². The zero-order valence-electron chi connectivity index (χ0n) is 10.6. The van der Waals surface area contributed by atoms with Gasteiger partial charge in [-0.2, -0.15) is 0 Å². The Morgan fingerprint density at radius 1 is 1.28 bits per heavy atom. The highest BCUT2D eigenvalue weighted by Gasteiger charge is 2.41. The molecule has 1 fully saturated rings. The second kappa shape index (κ2) is 5.79. The second-order valence-electron chi connectivity index (χ2n) is 4.86. The van der Waals surface area contributed by atoms with Crippen LogP contribution in [0.25, 0.3) is 0 Å². The molecule has 0 radical (unpaired) electrons. The topological polar surface area (TPSA) is 35.2 Å². The first-order chi connectivity index (χ1) is 8.59. The van der Waals surface area contributed by atoms with Crippen LogP contribution < -0.4 is 5.73 Å². The average Bonchev–Trinajstić information content (AvgIpc) is 2.82. The Labute approximate surface area is 118 Å². The maximum atomic E-state index is 6.41. The van der Waals surface area contributed by atoms with E-state index in [-0.39, 0.29) is 11.6 Å². The summed E-state index contributed by atoms with van der Waals surface area (Å²) in [5.74, 6) is 0. The third kappa shape index (κ3) is 2.67. The summed E-state index contributed by atoms with van der Waals surface area (Å²) >= 11 is 12.0. The molecular weight excluding hydrogens is 269 g/mol. The van der Waals surface area contributed by atoms with Crippen LogP contribution >= 0.6 is 23.2 Å². The lowest BCUT2D eigenvalue weighted by atomic mass is 9.87. The van der Waals surface area contributed by atoms with E-state index in [0.717, 1.165) is 18.4 Å². The predicted molar refractivity (Wildman–Crippen MR) is 76.2 cm³/mol. The van der Waals surface area contributed by atoms with Crippen LogP contribution in [0, 0.1) is 0 Å². The Kier molecular flexibility index (Phi) is 4.54. The fourth-order valence-corrected chi connectivity index (χ4v) is 3.12. The SMILES string of the molecule is CCOC1(C(N)c2ccc(Cl)c(Cl)c2)CCCC1. The van der Waals surface area contributed by atoms with Crippen LogP contribution in [0.4, 0.5) is 0 Å². The largest absolute Gasteiger partial charge is 0.373 e. The number of halogens is 2. The van der Waals surface area contributed by atoms with E-state index in [1.54, 1.807) is 6.07 Å². The zero-order valence-corrected chi connectivity index (χ0v) is 12.1. The molecule has 1 aliphatic carbocycles. The number of hydrogen-bond donors (Lipinski definition) is 1. The van der Waals surface area contributed by atoms with E-state index in [4.69, 9.17) is 33.7 Å². The van der Waals surface area contributed by atoms with E-state index in [0.29, 0.717) is 16.7 Å². The zero-order chi connectivity index (χ0) is 13.2. The molecule has 0 aromatic heterocycles. The standard InChI is InChI=1S/C14H19Cl2NO/c1-2-18-14(7-3-4-8-14)13(17)10-5-6-11(15)12(16)9-10/h5-6,9,13H,2-4,7-8,17H2,1H3. The molecule has 0 spiro atoms. The van der Waals surface area contributed by atoms with E-state index in [2.05, 4.69) is 0 Å². The Hall–Kier alpha value is -0.280. The van der Waals surface area contributed by atoms with Crippen LogP contribution in [0.3, 0.4) is 0 Å². The fraction of sp³-hybridized carbons (Fsp3) is 0.571. The first-order valence-corrected chi connectivity index (χ1v) is 7.19. The molecule has 0 bridgehead atoms. The monoisotopic (exact) mass is 287 g/mol. The fourth-order valence-electron chi connectivity index (χ4n) is 2.82. The minimum Gasteiger partial charge on any atom is -0.373 e. The molecule has 100 valence electrons. The van der Waals surface area contributed by atoms with E-state index in [9.17, 15) is 0 Å². The third-order valence-electron chi connectivity index (χ3n) is 3.75. The van der Waals surface area contributed by atoms with E-state index >= 15 is 0 Å². The molecule has 0 amide bonds. The molecule has 18 heavy (non-hydrogen) atoms. The maximum absolute atomic E-state index is 6.41. The number of hydrogen-bond acceptors (Lipinski definition) is 2. The lowest BCUT2D eigenvalue weighted by Crippen LogP contribution is -2.41. The van der Waals surface area contributed by atoms with Crippen molar-refractivity contribution in [2.45, 2.75) is 44.2 Å². The van der Waals surface area contributed by atoms with Crippen molar-refractivity contribution >= 4 is 23.2 Å². The molecular formula is C14H19Cl2NO. The van der Waals surface area contributed by atoms with Gasteiger partial charge in [-0.05, 0) is 37.5 Å². The highest BCUT2D eigenvalue weighted by atomic mass is 35.5. The van der Waals surface area contributed by atoms with Crippen LogP contribution in [0.1, 0.15) is 44.2 Å². The van der Waals surface area contributed by atoms with E-state index < -0.39 is 0 Å². The van der Waals surface area contributed by atoms with Crippen LogP contribution in [-0.4, -0.2) is 12.2 Å². The average molecular weight is 288 g/mol. The highest BCUT2D eigenvalue weighted by Crippen LogP contribution is 2.42. The quantitative estimate of drug-likeness (QED) is 0.894. The number of nitrogens with two attached hydrogens (primary N) is 1. The van der Waals surface area contributed by atoms with Gasteiger partial charge in [0.05, 0.1) is 21.7 Å². The lowest BCUT2D eigenvalue weighted by Gasteiger charge is -2.35. The Morgan fingerprint density at radius 3 is 2.50 bits per heavy atom. The van der Waals surface area contributed by atoms with Crippen molar-refractivity contribution in [3.8, 4) is 0 Å². The van der Waals surface area contributed by atoms with Gasteiger partial charge in [-0.1, -0.05) is 42.1 Å². The van der Waals surface area contributed by atoms with Gasteiger partial charge >= 0.3 is 0 Å². The molecule has 1 unspecified atom stereocenters. The highest BCUT2D eigenvalue weighted by molar-refractivity contribution is 6.42. The van der Waals surface area contributed by atoms with E-state index in [1.165, 1.54) is 12.8 Å². The van der Waals surface area contributed by atoms with Crippen LogP contribution in [0.15, 0.2) is 18.2 Å². The van der Waals surface area contributed by atoms with Crippen LogP contribution in [0.5, 0.6) is 0 Å². The summed E-state index contributed by atoms with van der Waals surface area (Å²) < 4.78 is 5.98. The van der Waals surface area contributed by atoms with Gasteiger partial charge in [-0.3, -0.25) is 0 Å². The molecule has 4 heteroatoms. The molecule has 1 aromatic carbocycles. The molecule has 0 saturated heterocycles. The smallest absolute Gasteiger partial charge is 0.0874 e. The third-order valence-corrected chi connectivity index (χ3v) is 4.49. The van der Waals surface area contributed by atoms with Crippen molar-refractivity contribution in [2.75, 3.05) is 6.61 Å². The summed E-state index contributed by atoms with van der Waals surface area (Å²) in [7, 11) is 0. The van der Waals surface area contributed by atoms with Gasteiger partial charge < -0.3 is 10.5 Å². The molecule has 2 N–H and O–H groups in total. The minimum atomic E-state index is -0.230. The molecule has 2 nitrogen and oxygen atoms in total. The summed E-state index contributed by atoms with van der Waals surface area (Å²) in [5.41, 5.74) is 7.18. The number of benzene rings is 1. The first kappa shape index (κ1) is 14.1. The van der Waals surface area contributed by atoms with Gasteiger partial charge in [-0.15, -0.1) is 0 Å².